The van der Waals surface area contributed by atoms with Crippen LogP contribution in [0.25, 0.3) is 10.6 Å². The summed E-state index contributed by atoms with van der Waals surface area (Å²) in [5.74, 6) is 0.635. The second kappa shape index (κ2) is 3.51. The highest BCUT2D eigenvalue weighted by Crippen LogP contribution is 2.31. The van der Waals surface area contributed by atoms with Gasteiger partial charge < -0.3 is 9.52 Å². The topological polar surface area (TPSA) is 59.2 Å². The van der Waals surface area contributed by atoms with Crippen LogP contribution in [0.4, 0.5) is 0 Å². The van der Waals surface area contributed by atoms with Crippen LogP contribution in [0.3, 0.4) is 0 Å². The van der Waals surface area contributed by atoms with E-state index in [0.29, 0.717) is 11.5 Å². The molecule has 0 aromatic carbocycles. The van der Waals surface area contributed by atoms with Gasteiger partial charge in [-0.25, -0.2) is 9.97 Å². The summed E-state index contributed by atoms with van der Waals surface area (Å²) in [6.45, 7) is 3.75. The normalized spacial score (nSPS) is 10.8. The number of aryl methyl sites for hydroxylation is 2. The Balaban J connectivity index is 2.53. The molecule has 0 unspecified atom stereocenters. The van der Waals surface area contributed by atoms with Crippen molar-refractivity contribution in [3.63, 3.8) is 0 Å². The van der Waals surface area contributed by atoms with E-state index in [4.69, 9.17) is 9.52 Å². The number of nitrogens with zero attached hydrogens (tertiary/aromatic N) is 2. The number of aromatic nitrogens is 2. The molecule has 2 heterocycles. The fraction of sp³-hybridized carbons (Fsp3) is 0.333. The largest absolute Gasteiger partial charge is 0.442 e. The molecule has 5 heteroatoms. The molecule has 0 radical (unpaired) electrons. The number of aliphatic hydroxyl groups excluding tert-OH is 1. The van der Waals surface area contributed by atoms with Crippen molar-refractivity contribution in [2.45, 2.75) is 20.5 Å². The lowest BCUT2D eigenvalue weighted by molar-refractivity contribution is 0.277. The molecule has 2 aromatic heterocycles. The maximum Gasteiger partial charge on any atom is 0.181 e. The predicted molar refractivity (Wildman–Crippen MR) is 53.0 cm³/mol. The Morgan fingerprint density at radius 3 is 2.86 bits per heavy atom. The van der Waals surface area contributed by atoms with Crippen LogP contribution in [0.1, 0.15) is 16.4 Å². The van der Waals surface area contributed by atoms with E-state index >= 15 is 0 Å². The van der Waals surface area contributed by atoms with Crippen molar-refractivity contribution >= 4 is 11.3 Å². The molecule has 74 valence electrons. The molecule has 1 N–H and O–H groups in total. The van der Waals surface area contributed by atoms with Gasteiger partial charge >= 0.3 is 0 Å². The quantitative estimate of drug-likeness (QED) is 0.822. The minimum absolute atomic E-state index is 0.109. The maximum atomic E-state index is 9.03. The van der Waals surface area contributed by atoms with Crippen LogP contribution in [0.2, 0.25) is 0 Å². The van der Waals surface area contributed by atoms with Crippen molar-refractivity contribution < 1.29 is 9.52 Å². The number of rotatable bonds is 2. The van der Waals surface area contributed by atoms with Crippen molar-refractivity contribution in [1.82, 2.24) is 9.97 Å². The molecular formula is C9H10N2O2S. The number of hydrogen-bond donors (Lipinski definition) is 1. The van der Waals surface area contributed by atoms with Crippen LogP contribution in [0.15, 0.2) is 10.8 Å². The summed E-state index contributed by atoms with van der Waals surface area (Å²) >= 11 is 1.55. The van der Waals surface area contributed by atoms with Gasteiger partial charge in [-0.15, -0.1) is 11.3 Å². The van der Waals surface area contributed by atoms with E-state index in [0.717, 1.165) is 15.6 Å². The van der Waals surface area contributed by atoms with Crippen LogP contribution in [0.5, 0.6) is 0 Å². The van der Waals surface area contributed by atoms with Gasteiger partial charge in [0.15, 0.2) is 12.2 Å². The average Bonchev–Trinajstić information content (AvgIpc) is 2.71. The van der Waals surface area contributed by atoms with Gasteiger partial charge in [-0.3, -0.25) is 0 Å². The number of thiazole rings is 1. The van der Waals surface area contributed by atoms with Crippen LogP contribution < -0.4 is 0 Å². The number of aliphatic hydroxyl groups is 1. The van der Waals surface area contributed by atoms with Crippen LogP contribution in [-0.2, 0) is 6.61 Å². The molecule has 0 aliphatic heterocycles. The van der Waals surface area contributed by atoms with E-state index < -0.39 is 0 Å². The first-order chi connectivity index (χ1) is 6.72. The highest BCUT2D eigenvalue weighted by Gasteiger charge is 2.15. The molecule has 2 rings (SSSR count). The molecule has 2 aromatic rings. The standard InChI is InChI=1S/C9H10N2O2S/c1-5-9(14-6(2)11-5)8-7(3-12)10-4-13-8/h4,12H,3H2,1-2H3. The summed E-state index contributed by atoms with van der Waals surface area (Å²) in [7, 11) is 0. The molecule has 4 nitrogen and oxygen atoms in total. The Morgan fingerprint density at radius 2 is 2.29 bits per heavy atom. The second-order valence-corrected chi connectivity index (χ2v) is 4.14. The van der Waals surface area contributed by atoms with Crippen molar-refractivity contribution in [2.75, 3.05) is 0 Å². The number of hydrogen-bond acceptors (Lipinski definition) is 5. The smallest absolute Gasteiger partial charge is 0.181 e. The van der Waals surface area contributed by atoms with Crippen LogP contribution in [-0.4, -0.2) is 15.1 Å². The molecule has 14 heavy (non-hydrogen) atoms. The van der Waals surface area contributed by atoms with E-state index in [1.54, 1.807) is 11.3 Å². The van der Waals surface area contributed by atoms with Gasteiger partial charge in [0.1, 0.15) is 5.69 Å². The second-order valence-electron chi connectivity index (χ2n) is 2.93. The minimum atomic E-state index is -0.109. The molecule has 0 aliphatic rings. The molecular weight excluding hydrogens is 200 g/mol. The van der Waals surface area contributed by atoms with Crippen molar-refractivity contribution in [3.8, 4) is 10.6 Å². The zero-order valence-corrected chi connectivity index (χ0v) is 8.76. The minimum Gasteiger partial charge on any atom is -0.442 e. The monoisotopic (exact) mass is 210 g/mol. The summed E-state index contributed by atoms with van der Waals surface area (Å²) in [5, 5.41) is 10.0. The maximum absolute atomic E-state index is 9.03. The van der Waals surface area contributed by atoms with Crippen LogP contribution >= 0.6 is 11.3 Å². The van der Waals surface area contributed by atoms with Gasteiger partial charge in [0.2, 0.25) is 0 Å². The molecule has 0 atom stereocenters. The van der Waals surface area contributed by atoms with Gasteiger partial charge in [0.05, 0.1) is 22.2 Å². The average molecular weight is 210 g/mol. The van der Waals surface area contributed by atoms with E-state index in [1.807, 2.05) is 13.8 Å². The Labute approximate surface area is 85.3 Å². The zero-order valence-electron chi connectivity index (χ0n) is 7.94. The fourth-order valence-corrected chi connectivity index (χ4v) is 2.24. The third-order valence-corrected chi connectivity index (χ3v) is 2.97. The summed E-state index contributed by atoms with van der Waals surface area (Å²) in [6, 6.07) is 0. The summed E-state index contributed by atoms with van der Waals surface area (Å²) < 4.78 is 5.24. The third-order valence-electron chi connectivity index (χ3n) is 1.90. The molecule has 0 bridgehead atoms. The summed E-state index contributed by atoms with van der Waals surface area (Å²) in [4.78, 5) is 9.16. The Morgan fingerprint density at radius 1 is 1.50 bits per heavy atom. The van der Waals surface area contributed by atoms with Gasteiger partial charge in [-0.05, 0) is 13.8 Å². The molecule has 0 spiro atoms. The van der Waals surface area contributed by atoms with Crippen molar-refractivity contribution in [1.29, 1.82) is 0 Å². The van der Waals surface area contributed by atoms with Gasteiger partial charge in [-0.2, -0.15) is 0 Å². The van der Waals surface area contributed by atoms with E-state index in [2.05, 4.69) is 9.97 Å². The van der Waals surface area contributed by atoms with E-state index in [9.17, 15) is 0 Å². The van der Waals surface area contributed by atoms with E-state index in [-0.39, 0.29) is 6.61 Å². The molecule has 0 fully saturated rings. The third kappa shape index (κ3) is 1.44. The zero-order chi connectivity index (χ0) is 10.1. The fourth-order valence-electron chi connectivity index (χ4n) is 1.31. The molecule has 0 amide bonds. The lowest BCUT2D eigenvalue weighted by Gasteiger charge is -1.94. The first kappa shape index (κ1) is 9.36. The van der Waals surface area contributed by atoms with Crippen molar-refractivity contribution in [3.05, 3.63) is 22.8 Å². The summed E-state index contributed by atoms with van der Waals surface area (Å²) in [5.41, 5.74) is 1.48. The predicted octanol–water partition coefficient (Wildman–Crippen LogP) is 1.91. The number of oxazole rings is 1. The first-order valence-electron chi connectivity index (χ1n) is 4.20. The van der Waals surface area contributed by atoms with Crippen LogP contribution in [0, 0.1) is 13.8 Å². The molecule has 0 aliphatic carbocycles. The Bertz CT molecular complexity index is 447. The Hall–Kier alpha value is -1.20. The molecule has 0 saturated carbocycles. The lowest BCUT2D eigenvalue weighted by Crippen LogP contribution is -1.86. The Kier molecular flexibility index (Phi) is 2.35. The highest BCUT2D eigenvalue weighted by atomic mass is 32.1. The lowest BCUT2D eigenvalue weighted by atomic mass is 10.3. The van der Waals surface area contributed by atoms with Gasteiger partial charge in [0.25, 0.3) is 0 Å². The van der Waals surface area contributed by atoms with Gasteiger partial charge in [-0.1, -0.05) is 0 Å². The highest BCUT2D eigenvalue weighted by molar-refractivity contribution is 7.15. The van der Waals surface area contributed by atoms with Gasteiger partial charge in [0, 0.05) is 0 Å². The molecule has 0 saturated heterocycles. The SMILES string of the molecule is Cc1nc(C)c(-c2ocnc2CO)s1. The van der Waals surface area contributed by atoms with Crippen molar-refractivity contribution in [2.24, 2.45) is 0 Å². The summed E-state index contributed by atoms with van der Waals surface area (Å²) in [6.07, 6.45) is 1.34. The first-order valence-corrected chi connectivity index (χ1v) is 5.01. The van der Waals surface area contributed by atoms with E-state index in [1.165, 1.54) is 6.39 Å².